The van der Waals surface area contributed by atoms with E-state index in [-0.39, 0.29) is 18.4 Å². The quantitative estimate of drug-likeness (QED) is 0.610. The molecule has 174 valence electrons. The molecule has 0 aliphatic heterocycles. The second-order valence-electron chi connectivity index (χ2n) is 10.5. The van der Waals surface area contributed by atoms with Gasteiger partial charge in [-0.15, -0.1) is 0 Å². The highest BCUT2D eigenvalue weighted by Gasteiger charge is 2.25. The molecule has 32 heavy (non-hydrogen) atoms. The number of carboxylic acid groups (broad SMARTS) is 1. The lowest BCUT2D eigenvalue weighted by Crippen LogP contribution is -2.33. The number of nitrogens with one attached hydrogen (secondary N) is 1. The Morgan fingerprint density at radius 1 is 1.00 bits per heavy atom. The van der Waals surface area contributed by atoms with Crippen molar-refractivity contribution in [2.75, 3.05) is 0 Å². The molecule has 1 amide bonds. The zero-order chi connectivity index (χ0) is 24.3. The zero-order valence-electron chi connectivity index (χ0n) is 20.5. The summed E-state index contributed by atoms with van der Waals surface area (Å²) in [7, 11) is 0. The van der Waals surface area contributed by atoms with Gasteiger partial charge in [0.15, 0.2) is 0 Å². The molecule has 0 saturated heterocycles. The van der Waals surface area contributed by atoms with E-state index in [4.69, 9.17) is 9.72 Å². The van der Waals surface area contributed by atoms with Crippen LogP contribution in [0.2, 0.25) is 0 Å². The lowest BCUT2D eigenvalue weighted by Gasteiger charge is -2.25. The molecule has 0 aliphatic rings. The van der Waals surface area contributed by atoms with E-state index in [1.165, 1.54) is 0 Å². The van der Waals surface area contributed by atoms with Crippen molar-refractivity contribution in [1.82, 2.24) is 10.3 Å². The Bertz CT molecular complexity index is 981. The maximum Gasteiger partial charge on any atom is 0.407 e. The second kappa shape index (κ2) is 9.72. The maximum absolute atomic E-state index is 12.4. The standard InChI is InChI=1S/C26H36N2O4/c1-16-9-11-18(12-10-16)23-19(13-22(29)30)17(2)28-21(14-25(3,4)5)20(23)15-27-24(31)32-26(6,7)8/h9-12H,13-15H2,1-8H3,(H,27,31)(H,29,30). The molecule has 1 aromatic carbocycles. The van der Waals surface area contributed by atoms with Crippen LogP contribution < -0.4 is 5.32 Å². The third-order valence-corrected chi connectivity index (χ3v) is 4.87. The molecular formula is C26H36N2O4. The van der Waals surface area contributed by atoms with Crippen LogP contribution in [0.25, 0.3) is 11.1 Å². The van der Waals surface area contributed by atoms with Crippen molar-refractivity contribution < 1.29 is 19.4 Å². The number of hydrogen-bond acceptors (Lipinski definition) is 4. The number of nitrogens with zero attached hydrogens (tertiary/aromatic N) is 1. The predicted molar refractivity (Wildman–Crippen MR) is 127 cm³/mol. The average molecular weight is 441 g/mol. The van der Waals surface area contributed by atoms with Gasteiger partial charge in [-0.25, -0.2) is 4.79 Å². The first kappa shape index (κ1) is 25.4. The predicted octanol–water partition coefficient (Wildman–Crippen LogP) is 5.61. The summed E-state index contributed by atoms with van der Waals surface area (Å²) in [5.74, 6) is -0.919. The van der Waals surface area contributed by atoms with Crippen molar-refractivity contribution in [2.24, 2.45) is 5.41 Å². The topological polar surface area (TPSA) is 88.5 Å². The van der Waals surface area contributed by atoms with Crippen LogP contribution in [0.4, 0.5) is 4.79 Å². The highest BCUT2D eigenvalue weighted by atomic mass is 16.6. The van der Waals surface area contributed by atoms with E-state index in [0.29, 0.717) is 17.7 Å². The first-order chi connectivity index (χ1) is 14.7. The summed E-state index contributed by atoms with van der Waals surface area (Å²) < 4.78 is 5.42. The molecule has 1 heterocycles. The van der Waals surface area contributed by atoms with Gasteiger partial charge in [0.2, 0.25) is 0 Å². The first-order valence-corrected chi connectivity index (χ1v) is 10.9. The van der Waals surface area contributed by atoms with Crippen LogP contribution >= 0.6 is 0 Å². The molecule has 0 aliphatic carbocycles. The number of carbonyl (C=O) groups is 2. The van der Waals surface area contributed by atoms with E-state index < -0.39 is 17.7 Å². The van der Waals surface area contributed by atoms with E-state index in [2.05, 4.69) is 26.1 Å². The van der Waals surface area contributed by atoms with Gasteiger partial charge in [-0.2, -0.15) is 0 Å². The number of benzene rings is 1. The van der Waals surface area contributed by atoms with E-state index in [1.807, 2.05) is 58.9 Å². The van der Waals surface area contributed by atoms with Gasteiger partial charge in [-0.1, -0.05) is 50.6 Å². The van der Waals surface area contributed by atoms with Crippen molar-refractivity contribution in [2.45, 2.75) is 80.4 Å². The van der Waals surface area contributed by atoms with Gasteiger partial charge >= 0.3 is 12.1 Å². The minimum atomic E-state index is -0.919. The van der Waals surface area contributed by atoms with Crippen molar-refractivity contribution in [3.05, 3.63) is 52.3 Å². The Morgan fingerprint density at radius 2 is 1.59 bits per heavy atom. The monoisotopic (exact) mass is 440 g/mol. The minimum absolute atomic E-state index is 0.0427. The number of ether oxygens (including phenoxy) is 1. The summed E-state index contributed by atoms with van der Waals surface area (Å²) in [6.45, 7) is 15.9. The van der Waals surface area contributed by atoms with Crippen LogP contribution in [0, 0.1) is 19.3 Å². The Hall–Kier alpha value is -2.89. The number of alkyl carbamates (subject to hydrolysis) is 1. The van der Waals surface area contributed by atoms with Gasteiger partial charge in [0.25, 0.3) is 0 Å². The highest BCUT2D eigenvalue weighted by Crippen LogP contribution is 2.34. The molecule has 0 fully saturated rings. The summed E-state index contributed by atoms with van der Waals surface area (Å²) in [5.41, 5.74) is 5.25. The van der Waals surface area contributed by atoms with Crippen LogP contribution in [0.15, 0.2) is 24.3 Å². The van der Waals surface area contributed by atoms with E-state index >= 15 is 0 Å². The van der Waals surface area contributed by atoms with Crippen LogP contribution in [0.5, 0.6) is 0 Å². The number of carbonyl (C=O) groups excluding carboxylic acids is 1. The number of rotatable bonds is 6. The third kappa shape index (κ3) is 7.36. The van der Waals surface area contributed by atoms with Crippen molar-refractivity contribution >= 4 is 12.1 Å². The van der Waals surface area contributed by atoms with E-state index in [1.54, 1.807) is 0 Å². The Kier molecular flexibility index (Phi) is 7.70. The summed E-state index contributed by atoms with van der Waals surface area (Å²) in [6.07, 6.45) is 0.0253. The molecular weight excluding hydrogens is 404 g/mol. The van der Waals surface area contributed by atoms with Crippen LogP contribution in [0.1, 0.15) is 69.6 Å². The fourth-order valence-corrected chi connectivity index (χ4v) is 3.59. The number of aromatic nitrogens is 1. The van der Waals surface area contributed by atoms with Gasteiger partial charge in [0.1, 0.15) is 5.60 Å². The normalized spacial score (nSPS) is 11.9. The van der Waals surface area contributed by atoms with Crippen molar-refractivity contribution in [3.8, 4) is 11.1 Å². The second-order valence-corrected chi connectivity index (χ2v) is 10.5. The molecule has 2 aromatic rings. The molecule has 0 atom stereocenters. The van der Waals surface area contributed by atoms with Crippen LogP contribution in [0.3, 0.4) is 0 Å². The zero-order valence-corrected chi connectivity index (χ0v) is 20.5. The molecule has 6 nitrogen and oxygen atoms in total. The van der Waals surface area contributed by atoms with Gasteiger partial charge < -0.3 is 15.2 Å². The number of aliphatic carboxylic acids is 1. The van der Waals surface area contributed by atoms with Gasteiger partial charge in [-0.3, -0.25) is 9.78 Å². The fourth-order valence-electron chi connectivity index (χ4n) is 3.59. The average Bonchev–Trinajstić information content (AvgIpc) is 2.60. The summed E-state index contributed by atoms with van der Waals surface area (Å²) >= 11 is 0. The molecule has 1 aromatic heterocycles. The van der Waals surface area contributed by atoms with Crippen molar-refractivity contribution in [1.29, 1.82) is 0 Å². The lowest BCUT2D eigenvalue weighted by molar-refractivity contribution is -0.136. The Labute approximate surface area is 191 Å². The largest absolute Gasteiger partial charge is 0.481 e. The van der Waals surface area contributed by atoms with E-state index in [0.717, 1.165) is 27.9 Å². The molecule has 0 bridgehead atoms. The number of aryl methyl sites for hydroxylation is 2. The number of pyridine rings is 1. The number of carboxylic acids is 1. The summed E-state index contributed by atoms with van der Waals surface area (Å²) in [4.78, 5) is 28.9. The minimum Gasteiger partial charge on any atom is -0.481 e. The van der Waals surface area contributed by atoms with Gasteiger partial charge in [-0.05, 0) is 63.1 Å². The molecule has 6 heteroatoms. The molecule has 2 N–H and O–H groups in total. The molecule has 2 rings (SSSR count). The molecule has 0 unspecified atom stereocenters. The number of amides is 1. The smallest absolute Gasteiger partial charge is 0.407 e. The van der Waals surface area contributed by atoms with Gasteiger partial charge in [0, 0.05) is 23.5 Å². The van der Waals surface area contributed by atoms with Gasteiger partial charge in [0.05, 0.1) is 6.42 Å². The summed E-state index contributed by atoms with van der Waals surface area (Å²) in [5, 5.41) is 12.4. The van der Waals surface area contributed by atoms with Crippen molar-refractivity contribution in [3.63, 3.8) is 0 Å². The summed E-state index contributed by atoms with van der Waals surface area (Å²) in [6, 6.07) is 7.99. The first-order valence-electron chi connectivity index (χ1n) is 10.9. The SMILES string of the molecule is Cc1ccc(-c2c(CC(=O)O)c(C)nc(CC(C)(C)C)c2CNC(=O)OC(C)(C)C)cc1. The highest BCUT2D eigenvalue weighted by molar-refractivity contribution is 5.80. The van der Waals surface area contributed by atoms with E-state index in [9.17, 15) is 14.7 Å². The molecule has 0 saturated carbocycles. The lowest BCUT2D eigenvalue weighted by atomic mass is 9.84. The fraction of sp³-hybridized carbons (Fsp3) is 0.500. The Balaban J connectivity index is 2.69. The van der Waals surface area contributed by atoms with Crippen LogP contribution in [-0.4, -0.2) is 27.8 Å². The maximum atomic E-state index is 12.4. The molecule has 0 radical (unpaired) electrons. The Morgan fingerprint density at radius 3 is 2.09 bits per heavy atom. The van der Waals surface area contributed by atoms with Crippen LogP contribution in [-0.2, 0) is 28.9 Å². The number of hydrogen-bond donors (Lipinski definition) is 2. The third-order valence-electron chi connectivity index (χ3n) is 4.87. The molecule has 0 spiro atoms.